The van der Waals surface area contributed by atoms with Crippen molar-refractivity contribution in [2.45, 2.75) is 39.0 Å². The lowest BCUT2D eigenvalue weighted by Crippen LogP contribution is -2.39. The molecule has 2 atom stereocenters. The van der Waals surface area contributed by atoms with Gasteiger partial charge in [-0.25, -0.2) is 4.98 Å². The van der Waals surface area contributed by atoms with E-state index in [0.717, 1.165) is 24.7 Å². The van der Waals surface area contributed by atoms with Gasteiger partial charge >= 0.3 is 0 Å². The second kappa shape index (κ2) is 4.41. The molecule has 18 heavy (non-hydrogen) atoms. The predicted molar refractivity (Wildman–Crippen MR) is 72.0 cm³/mol. The second-order valence-electron chi connectivity index (χ2n) is 6.11. The Bertz CT molecular complexity index is 482. The molecule has 1 aliphatic heterocycles. The Kier molecular flexibility index (Phi) is 2.88. The summed E-state index contributed by atoms with van der Waals surface area (Å²) in [5.74, 6) is 3.62. The summed E-state index contributed by atoms with van der Waals surface area (Å²) >= 11 is 0. The average molecular weight is 247 g/mol. The Morgan fingerprint density at radius 3 is 2.56 bits per heavy atom. The molecule has 4 nitrogen and oxygen atoms in total. The second-order valence-corrected chi connectivity index (χ2v) is 6.11. The van der Waals surface area contributed by atoms with Gasteiger partial charge in [-0.15, -0.1) is 0 Å². The number of hydrogen-bond acceptors (Lipinski definition) is 3. The van der Waals surface area contributed by atoms with Crippen LogP contribution in [0.3, 0.4) is 0 Å². The van der Waals surface area contributed by atoms with E-state index < -0.39 is 0 Å². The minimum atomic E-state index is -0.00669. The van der Waals surface area contributed by atoms with Gasteiger partial charge in [-0.2, -0.15) is 0 Å². The maximum absolute atomic E-state index is 11.7. The van der Waals surface area contributed by atoms with E-state index in [0.29, 0.717) is 17.8 Å². The maximum Gasteiger partial charge on any atom is 0.252 e. The lowest BCUT2D eigenvalue weighted by molar-refractivity contribution is 0.355. The minimum Gasteiger partial charge on any atom is -0.356 e. The van der Waals surface area contributed by atoms with Crippen LogP contribution in [0.2, 0.25) is 0 Å². The SMILES string of the molecule is CC1CC(C)CN(c2cc(=O)[nH]c(C3CC3)n2)C1. The van der Waals surface area contributed by atoms with Crippen LogP contribution < -0.4 is 10.5 Å². The van der Waals surface area contributed by atoms with Crippen LogP contribution in [0.25, 0.3) is 0 Å². The van der Waals surface area contributed by atoms with Crippen molar-refractivity contribution < 1.29 is 0 Å². The fourth-order valence-electron chi connectivity index (χ4n) is 3.03. The first-order chi connectivity index (χ1) is 8.61. The van der Waals surface area contributed by atoms with Crippen LogP contribution in [0.4, 0.5) is 5.82 Å². The number of aromatic nitrogens is 2. The topological polar surface area (TPSA) is 49.0 Å². The molecule has 1 aliphatic carbocycles. The van der Waals surface area contributed by atoms with E-state index in [1.165, 1.54) is 19.3 Å². The van der Waals surface area contributed by atoms with Gasteiger partial charge in [-0.1, -0.05) is 13.8 Å². The molecule has 0 amide bonds. The van der Waals surface area contributed by atoms with Gasteiger partial charge in [0.05, 0.1) is 0 Å². The molecule has 1 aromatic heterocycles. The number of anilines is 1. The van der Waals surface area contributed by atoms with Gasteiger partial charge in [-0.3, -0.25) is 4.79 Å². The van der Waals surface area contributed by atoms with Crippen molar-refractivity contribution in [2.75, 3.05) is 18.0 Å². The molecule has 0 aromatic carbocycles. The smallest absolute Gasteiger partial charge is 0.252 e. The normalized spacial score (nSPS) is 28.4. The van der Waals surface area contributed by atoms with Crippen molar-refractivity contribution in [3.8, 4) is 0 Å². The molecular formula is C14H21N3O. The molecule has 1 aromatic rings. The summed E-state index contributed by atoms with van der Waals surface area (Å²) in [7, 11) is 0. The highest BCUT2D eigenvalue weighted by Crippen LogP contribution is 2.38. The fraction of sp³-hybridized carbons (Fsp3) is 0.714. The minimum absolute atomic E-state index is 0.00669. The van der Waals surface area contributed by atoms with Crippen molar-refractivity contribution in [3.05, 3.63) is 22.2 Å². The monoisotopic (exact) mass is 247 g/mol. The van der Waals surface area contributed by atoms with Crippen molar-refractivity contribution in [1.29, 1.82) is 0 Å². The molecule has 98 valence electrons. The van der Waals surface area contributed by atoms with Gasteiger partial charge in [0.1, 0.15) is 11.6 Å². The molecule has 2 aliphatic rings. The molecule has 2 heterocycles. The molecule has 0 bridgehead atoms. The van der Waals surface area contributed by atoms with Gasteiger partial charge in [0, 0.05) is 25.1 Å². The van der Waals surface area contributed by atoms with Crippen molar-refractivity contribution in [2.24, 2.45) is 11.8 Å². The molecule has 2 unspecified atom stereocenters. The standard InChI is InChI=1S/C14H21N3O/c1-9-5-10(2)8-17(7-9)12-6-13(18)16-14(15-12)11-3-4-11/h6,9-11H,3-5,7-8H2,1-2H3,(H,15,16,18). The molecule has 3 rings (SSSR count). The molecule has 2 fully saturated rings. The number of nitrogens with one attached hydrogen (secondary N) is 1. The van der Waals surface area contributed by atoms with Crippen molar-refractivity contribution in [1.82, 2.24) is 9.97 Å². The Morgan fingerprint density at radius 1 is 1.28 bits per heavy atom. The molecule has 0 radical (unpaired) electrons. The van der Waals surface area contributed by atoms with E-state index >= 15 is 0 Å². The number of H-pyrrole nitrogens is 1. The summed E-state index contributed by atoms with van der Waals surface area (Å²) in [5.41, 5.74) is -0.00669. The summed E-state index contributed by atoms with van der Waals surface area (Å²) < 4.78 is 0. The van der Waals surface area contributed by atoms with Gasteiger partial charge in [-0.05, 0) is 31.1 Å². The van der Waals surface area contributed by atoms with Crippen molar-refractivity contribution >= 4 is 5.82 Å². The Balaban J connectivity index is 1.88. The van der Waals surface area contributed by atoms with Crippen molar-refractivity contribution in [3.63, 3.8) is 0 Å². The van der Waals surface area contributed by atoms with Crippen LogP contribution in [0.1, 0.15) is 44.9 Å². The largest absolute Gasteiger partial charge is 0.356 e. The Morgan fingerprint density at radius 2 is 1.94 bits per heavy atom. The highest BCUT2D eigenvalue weighted by Gasteiger charge is 2.28. The molecule has 1 saturated heterocycles. The lowest BCUT2D eigenvalue weighted by Gasteiger charge is -2.35. The van der Waals surface area contributed by atoms with E-state index in [4.69, 9.17) is 0 Å². The maximum atomic E-state index is 11.7. The third-order valence-corrected chi connectivity index (χ3v) is 3.90. The van der Waals surface area contributed by atoms with E-state index in [-0.39, 0.29) is 5.56 Å². The van der Waals surface area contributed by atoms with Gasteiger partial charge in [0.15, 0.2) is 0 Å². The number of piperidine rings is 1. The first-order valence-corrected chi connectivity index (χ1v) is 6.98. The first-order valence-electron chi connectivity index (χ1n) is 6.98. The summed E-state index contributed by atoms with van der Waals surface area (Å²) in [4.78, 5) is 21.5. The average Bonchev–Trinajstić information content (AvgIpc) is 3.10. The van der Waals surface area contributed by atoms with Crippen LogP contribution in [0, 0.1) is 11.8 Å². The molecule has 1 saturated carbocycles. The predicted octanol–water partition coefficient (Wildman–Crippen LogP) is 2.13. The zero-order valence-electron chi connectivity index (χ0n) is 11.1. The summed E-state index contributed by atoms with van der Waals surface area (Å²) in [5, 5.41) is 0. The van der Waals surface area contributed by atoms with E-state index in [2.05, 4.69) is 28.7 Å². The number of hydrogen-bond donors (Lipinski definition) is 1. The van der Waals surface area contributed by atoms with E-state index in [1.807, 2.05) is 0 Å². The third-order valence-electron chi connectivity index (χ3n) is 3.90. The Hall–Kier alpha value is -1.32. The van der Waals surface area contributed by atoms with Crippen LogP contribution in [0.15, 0.2) is 10.9 Å². The molecular weight excluding hydrogens is 226 g/mol. The zero-order chi connectivity index (χ0) is 12.7. The summed E-state index contributed by atoms with van der Waals surface area (Å²) in [6.45, 7) is 6.59. The first kappa shape index (κ1) is 11.8. The van der Waals surface area contributed by atoms with E-state index in [1.54, 1.807) is 6.07 Å². The lowest BCUT2D eigenvalue weighted by atomic mass is 9.92. The zero-order valence-corrected chi connectivity index (χ0v) is 11.1. The van der Waals surface area contributed by atoms with Crippen LogP contribution in [0.5, 0.6) is 0 Å². The van der Waals surface area contributed by atoms with Crippen LogP contribution in [-0.2, 0) is 0 Å². The summed E-state index contributed by atoms with van der Waals surface area (Å²) in [6.07, 6.45) is 3.60. The number of nitrogens with zero attached hydrogens (tertiary/aromatic N) is 2. The highest BCUT2D eigenvalue weighted by molar-refractivity contribution is 5.39. The van der Waals surface area contributed by atoms with Gasteiger partial charge in [0.2, 0.25) is 0 Å². The Labute approximate surface area is 107 Å². The molecule has 0 spiro atoms. The quantitative estimate of drug-likeness (QED) is 0.871. The molecule has 4 heteroatoms. The van der Waals surface area contributed by atoms with Gasteiger partial charge in [0.25, 0.3) is 5.56 Å². The number of rotatable bonds is 2. The third kappa shape index (κ3) is 2.42. The fourth-order valence-corrected chi connectivity index (χ4v) is 3.03. The summed E-state index contributed by atoms with van der Waals surface area (Å²) in [6, 6.07) is 1.65. The molecule has 1 N–H and O–H groups in total. The highest BCUT2D eigenvalue weighted by atomic mass is 16.1. The number of aromatic amines is 1. The van der Waals surface area contributed by atoms with Crippen LogP contribution in [-0.4, -0.2) is 23.1 Å². The van der Waals surface area contributed by atoms with E-state index in [9.17, 15) is 4.79 Å². The van der Waals surface area contributed by atoms with Gasteiger partial charge < -0.3 is 9.88 Å². The van der Waals surface area contributed by atoms with Crippen LogP contribution >= 0.6 is 0 Å².